The first-order valence-electron chi connectivity index (χ1n) is 5.73. The van der Waals surface area contributed by atoms with Crippen LogP contribution in [0.3, 0.4) is 0 Å². The van der Waals surface area contributed by atoms with Gasteiger partial charge < -0.3 is 0 Å². The zero-order valence-corrected chi connectivity index (χ0v) is 11.0. The Morgan fingerprint density at radius 1 is 1.28 bits per heavy atom. The molecule has 0 saturated heterocycles. The SMILES string of the molecule is CON(C)C(=O)c1cc2cc(C)ccc2nc1C. The lowest BCUT2D eigenvalue weighted by Gasteiger charge is -2.15. The Hall–Kier alpha value is -1.94. The summed E-state index contributed by atoms with van der Waals surface area (Å²) < 4.78 is 0. The zero-order valence-electron chi connectivity index (χ0n) is 11.0. The van der Waals surface area contributed by atoms with Gasteiger partial charge in [0.15, 0.2) is 0 Å². The number of hydroxylamine groups is 2. The molecule has 4 heteroatoms. The molecule has 0 N–H and O–H groups in total. The van der Waals surface area contributed by atoms with E-state index in [2.05, 4.69) is 4.98 Å². The van der Waals surface area contributed by atoms with E-state index in [0.717, 1.165) is 16.5 Å². The number of carbonyl (C=O) groups is 1. The molecule has 0 aliphatic heterocycles. The van der Waals surface area contributed by atoms with Crippen LogP contribution in [0.4, 0.5) is 0 Å². The van der Waals surface area contributed by atoms with E-state index in [0.29, 0.717) is 11.3 Å². The van der Waals surface area contributed by atoms with Crippen molar-refractivity contribution in [1.82, 2.24) is 10.0 Å². The Balaban J connectivity index is 2.58. The Morgan fingerprint density at radius 2 is 2.00 bits per heavy atom. The molecule has 1 aromatic carbocycles. The lowest BCUT2D eigenvalue weighted by Crippen LogP contribution is -2.26. The molecule has 0 saturated carbocycles. The van der Waals surface area contributed by atoms with E-state index in [4.69, 9.17) is 4.84 Å². The van der Waals surface area contributed by atoms with Crippen LogP contribution in [0.2, 0.25) is 0 Å². The summed E-state index contributed by atoms with van der Waals surface area (Å²) in [6, 6.07) is 7.86. The van der Waals surface area contributed by atoms with Crippen molar-refractivity contribution in [1.29, 1.82) is 0 Å². The van der Waals surface area contributed by atoms with Crippen LogP contribution in [0.1, 0.15) is 21.6 Å². The highest BCUT2D eigenvalue weighted by atomic mass is 16.7. The number of hydrogen-bond donors (Lipinski definition) is 0. The first-order chi connectivity index (χ1) is 8.52. The number of pyridine rings is 1. The lowest BCUT2D eigenvalue weighted by atomic mass is 10.1. The monoisotopic (exact) mass is 244 g/mol. The fourth-order valence-electron chi connectivity index (χ4n) is 1.86. The normalized spacial score (nSPS) is 10.7. The van der Waals surface area contributed by atoms with Crippen LogP contribution in [0.25, 0.3) is 10.9 Å². The molecule has 0 spiro atoms. The number of nitrogens with zero attached hydrogens (tertiary/aromatic N) is 2. The van der Waals surface area contributed by atoms with Crippen LogP contribution in [0, 0.1) is 13.8 Å². The quantitative estimate of drug-likeness (QED) is 0.762. The predicted molar refractivity (Wildman–Crippen MR) is 70.3 cm³/mol. The summed E-state index contributed by atoms with van der Waals surface area (Å²) in [4.78, 5) is 21.5. The van der Waals surface area contributed by atoms with Crippen molar-refractivity contribution in [2.24, 2.45) is 0 Å². The molecule has 2 rings (SSSR count). The second-order valence-corrected chi connectivity index (χ2v) is 4.30. The Morgan fingerprint density at radius 3 is 2.67 bits per heavy atom. The summed E-state index contributed by atoms with van der Waals surface area (Å²) in [5.74, 6) is -0.189. The topological polar surface area (TPSA) is 42.4 Å². The number of aryl methyl sites for hydroxylation is 2. The second-order valence-electron chi connectivity index (χ2n) is 4.30. The maximum Gasteiger partial charge on any atom is 0.279 e. The first-order valence-corrected chi connectivity index (χ1v) is 5.73. The summed E-state index contributed by atoms with van der Waals surface area (Å²) in [7, 11) is 3.05. The number of carbonyl (C=O) groups excluding carboxylic acids is 1. The van der Waals surface area contributed by atoms with E-state index in [1.807, 2.05) is 38.1 Å². The molecule has 0 bridgehead atoms. The van der Waals surface area contributed by atoms with Crippen LogP contribution < -0.4 is 0 Å². The first kappa shape index (κ1) is 12.5. The summed E-state index contributed by atoms with van der Waals surface area (Å²) >= 11 is 0. The number of benzene rings is 1. The van der Waals surface area contributed by atoms with Gasteiger partial charge in [-0.15, -0.1) is 0 Å². The minimum Gasteiger partial charge on any atom is -0.274 e. The van der Waals surface area contributed by atoms with E-state index in [1.54, 1.807) is 7.05 Å². The van der Waals surface area contributed by atoms with Gasteiger partial charge in [0, 0.05) is 12.4 Å². The molecule has 4 nitrogen and oxygen atoms in total. The number of amides is 1. The number of aromatic nitrogens is 1. The maximum absolute atomic E-state index is 12.1. The van der Waals surface area contributed by atoms with E-state index in [9.17, 15) is 4.79 Å². The molecular weight excluding hydrogens is 228 g/mol. The molecule has 0 atom stereocenters. The molecule has 1 heterocycles. The molecule has 0 fully saturated rings. The predicted octanol–water partition coefficient (Wildman–Crippen LogP) is 2.49. The highest BCUT2D eigenvalue weighted by Gasteiger charge is 2.15. The fraction of sp³-hybridized carbons (Fsp3) is 0.286. The molecule has 1 aromatic heterocycles. The third-order valence-electron chi connectivity index (χ3n) is 2.95. The van der Waals surface area contributed by atoms with Crippen molar-refractivity contribution < 1.29 is 9.63 Å². The molecule has 2 aromatic rings. The van der Waals surface area contributed by atoms with Gasteiger partial charge in [-0.25, -0.2) is 5.06 Å². The smallest absolute Gasteiger partial charge is 0.274 e. The highest BCUT2D eigenvalue weighted by Crippen LogP contribution is 2.19. The van der Waals surface area contributed by atoms with Gasteiger partial charge in [0.25, 0.3) is 5.91 Å². The van der Waals surface area contributed by atoms with Crippen molar-refractivity contribution in [3.63, 3.8) is 0 Å². The number of hydrogen-bond acceptors (Lipinski definition) is 3. The second kappa shape index (κ2) is 4.74. The molecule has 18 heavy (non-hydrogen) atoms. The van der Waals surface area contributed by atoms with E-state index in [-0.39, 0.29) is 5.91 Å². The largest absolute Gasteiger partial charge is 0.279 e. The number of rotatable bonds is 2. The Kier molecular flexibility index (Phi) is 3.30. The van der Waals surface area contributed by atoms with Gasteiger partial charge in [-0.1, -0.05) is 11.6 Å². The van der Waals surface area contributed by atoms with Gasteiger partial charge in [-0.3, -0.25) is 14.6 Å². The van der Waals surface area contributed by atoms with Crippen LogP contribution in [0.5, 0.6) is 0 Å². The molecule has 1 amide bonds. The van der Waals surface area contributed by atoms with E-state index >= 15 is 0 Å². The van der Waals surface area contributed by atoms with Crippen LogP contribution >= 0.6 is 0 Å². The van der Waals surface area contributed by atoms with Crippen molar-refractivity contribution in [3.8, 4) is 0 Å². The Bertz CT molecular complexity index is 608. The van der Waals surface area contributed by atoms with E-state index in [1.165, 1.54) is 12.2 Å². The summed E-state index contributed by atoms with van der Waals surface area (Å²) in [6.45, 7) is 3.85. The highest BCUT2D eigenvalue weighted by molar-refractivity contribution is 5.98. The lowest BCUT2D eigenvalue weighted by molar-refractivity contribution is -0.0757. The average molecular weight is 244 g/mol. The van der Waals surface area contributed by atoms with Crippen molar-refractivity contribution in [3.05, 3.63) is 41.1 Å². The van der Waals surface area contributed by atoms with Crippen molar-refractivity contribution in [2.45, 2.75) is 13.8 Å². The maximum atomic E-state index is 12.1. The van der Waals surface area contributed by atoms with Gasteiger partial charge in [-0.2, -0.15) is 0 Å². The van der Waals surface area contributed by atoms with Crippen LogP contribution in [-0.2, 0) is 4.84 Å². The van der Waals surface area contributed by atoms with Crippen LogP contribution in [0.15, 0.2) is 24.3 Å². The van der Waals surface area contributed by atoms with E-state index < -0.39 is 0 Å². The van der Waals surface area contributed by atoms with Gasteiger partial charge in [0.2, 0.25) is 0 Å². The summed E-state index contributed by atoms with van der Waals surface area (Å²) in [5.41, 5.74) is 3.32. The third-order valence-corrected chi connectivity index (χ3v) is 2.95. The molecule has 94 valence electrons. The minimum absolute atomic E-state index is 0.189. The number of fused-ring (bicyclic) bond motifs is 1. The molecule has 0 unspecified atom stereocenters. The zero-order chi connectivity index (χ0) is 13.3. The fourth-order valence-corrected chi connectivity index (χ4v) is 1.86. The van der Waals surface area contributed by atoms with Gasteiger partial charge >= 0.3 is 0 Å². The van der Waals surface area contributed by atoms with Crippen molar-refractivity contribution >= 4 is 16.8 Å². The van der Waals surface area contributed by atoms with Gasteiger partial charge in [0.05, 0.1) is 23.9 Å². The standard InChI is InChI=1S/C14H16N2O2/c1-9-5-6-13-11(7-9)8-12(10(2)15-13)14(17)16(3)18-4/h5-8H,1-4H3. The minimum atomic E-state index is -0.189. The molecule has 0 aliphatic rings. The third kappa shape index (κ3) is 2.19. The summed E-state index contributed by atoms with van der Waals surface area (Å²) in [6.07, 6.45) is 0. The van der Waals surface area contributed by atoms with Crippen molar-refractivity contribution in [2.75, 3.05) is 14.2 Å². The molecule has 0 radical (unpaired) electrons. The molecular formula is C14H16N2O2. The van der Waals surface area contributed by atoms with Gasteiger partial charge in [0.1, 0.15) is 0 Å². The van der Waals surface area contributed by atoms with Gasteiger partial charge in [-0.05, 0) is 32.0 Å². The molecule has 0 aliphatic carbocycles. The summed E-state index contributed by atoms with van der Waals surface area (Å²) in [5, 5.41) is 2.17. The average Bonchev–Trinajstić information content (AvgIpc) is 2.36. The Labute approximate surface area is 106 Å². The van der Waals surface area contributed by atoms with Crippen LogP contribution in [-0.4, -0.2) is 30.1 Å².